The van der Waals surface area contributed by atoms with Gasteiger partial charge in [0.2, 0.25) is 5.91 Å². The molecule has 0 saturated carbocycles. The van der Waals surface area contributed by atoms with Crippen LogP contribution in [-0.2, 0) is 11.3 Å². The van der Waals surface area contributed by atoms with Crippen molar-refractivity contribution in [2.24, 2.45) is 0 Å². The fourth-order valence-electron chi connectivity index (χ4n) is 2.94. The number of ether oxygens (including phenoxy) is 1. The molecular formula is C19H20F2N4O2. The molecular weight excluding hydrogens is 354 g/mol. The summed E-state index contributed by atoms with van der Waals surface area (Å²) in [7, 11) is 0. The number of rotatable bonds is 6. The minimum absolute atomic E-state index is 0.117. The molecule has 0 spiro atoms. The van der Waals surface area contributed by atoms with E-state index in [-0.39, 0.29) is 23.7 Å². The predicted octanol–water partition coefficient (Wildman–Crippen LogP) is 4.02. The number of aromatic nitrogens is 3. The van der Waals surface area contributed by atoms with Crippen LogP contribution in [0, 0.1) is 13.8 Å². The van der Waals surface area contributed by atoms with Crippen LogP contribution in [0.25, 0.3) is 11.0 Å². The number of carbonyl (C=O) groups excluding carboxylic acids is 1. The van der Waals surface area contributed by atoms with Gasteiger partial charge in [0.25, 0.3) is 6.43 Å². The number of benzene rings is 1. The number of hydrogen-bond donors (Lipinski definition) is 1. The van der Waals surface area contributed by atoms with Gasteiger partial charge in [0, 0.05) is 16.9 Å². The Kier molecular flexibility index (Phi) is 5.34. The Labute approximate surface area is 155 Å². The Bertz CT molecular complexity index is 968. The molecule has 1 amide bonds. The summed E-state index contributed by atoms with van der Waals surface area (Å²) in [6.07, 6.45) is -2.64. The summed E-state index contributed by atoms with van der Waals surface area (Å²) in [6, 6.07) is 8.32. The highest BCUT2D eigenvalue weighted by Crippen LogP contribution is 2.30. The number of nitrogens with one attached hydrogen (secondary N) is 1. The van der Waals surface area contributed by atoms with E-state index in [0.717, 1.165) is 0 Å². The van der Waals surface area contributed by atoms with Crippen LogP contribution in [0.15, 0.2) is 30.3 Å². The van der Waals surface area contributed by atoms with Crippen molar-refractivity contribution in [1.29, 1.82) is 0 Å². The molecule has 0 atom stereocenters. The van der Waals surface area contributed by atoms with Crippen molar-refractivity contribution >= 4 is 22.6 Å². The summed E-state index contributed by atoms with van der Waals surface area (Å²) in [4.78, 5) is 16.7. The van der Waals surface area contributed by atoms with Gasteiger partial charge in [0.1, 0.15) is 12.3 Å². The first kappa shape index (κ1) is 18.8. The van der Waals surface area contributed by atoms with Crippen LogP contribution < -0.4 is 10.1 Å². The Morgan fingerprint density at radius 3 is 2.59 bits per heavy atom. The van der Waals surface area contributed by atoms with Gasteiger partial charge < -0.3 is 10.1 Å². The Balaban J connectivity index is 1.83. The van der Waals surface area contributed by atoms with Crippen molar-refractivity contribution in [2.75, 3.05) is 11.9 Å². The maximum atomic E-state index is 13.3. The summed E-state index contributed by atoms with van der Waals surface area (Å²) in [5, 5.41) is 7.28. The molecule has 8 heteroatoms. The molecule has 0 aliphatic rings. The van der Waals surface area contributed by atoms with E-state index in [2.05, 4.69) is 15.4 Å². The second-order valence-electron chi connectivity index (χ2n) is 6.10. The number of halogens is 2. The first-order chi connectivity index (χ1) is 12.9. The summed E-state index contributed by atoms with van der Waals surface area (Å²) >= 11 is 0. The number of nitrogens with zero attached hydrogens (tertiary/aromatic N) is 3. The van der Waals surface area contributed by atoms with Gasteiger partial charge in [-0.25, -0.2) is 18.4 Å². The van der Waals surface area contributed by atoms with Crippen LogP contribution in [0.4, 0.5) is 14.5 Å². The van der Waals surface area contributed by atoms with E-state index >= 15 is 0 Å². The molecule has 3 rings (SSSR count). The fourth-order valence-corrected chi connectivity index (χ4v) is 2.94. The lowest BCUT2D eigenvalue weighted by molar-refractivity contribution is -0.116. The largest absolute Gasteiger partial charge is 0.494 e. The van der Waals surface area contributed by atoms with Gasteiger partial charge in [-0.15, -0.1) is 0 Å². The van der Waals surface area contributed by atoms with Crippen molar-refractivity contribution in [3.05, 3.63) is 47.3 Å². The molecule has 27 heavy (non-hydrogen) atoms. The molecule has 0 bridgehead atoms. The Morgan fingerprint density at radius 1 is 1.26 bits per heavy atom. The molecule has 1 N–H and O–H groups in total. The average Bonchev–Trinajstić information content (AvgIpc) is 2.91. The molecule has 0 unspecified atom stereocenters. The minimum Gasteiger partial charge on any atom is -0.494 e. The lowest BCUT2D eigenvalue weighted by atomic mass is 10.1. The van der Waals surface area contributed by atoms with Crippen molar-refractivity contribution in [2.45, 2.75) is 33.7 Å². The molecule has 0 aliphatic heterocycles. The number of hydrogen-bond acceptors (Lipinski definition) is 4. The van der Waals surface area contributed by atoms with Gasteiger partial charge in [-0.05, 0) is 51.1 Å². The maximum Gasteiger partial charge on any atom is 0.264 e. The third kappa shape index (κ3) is 4.05. The van der Waals surface area contributed by atoms with Crippen LogP contribution in [-0.4, -0.2) is 27.3 Å². The quantitative estimate of drug-likeness (QED) is 0.707. The molecule has 0 saturated heterocycles. The number of alkyl halides is 2. The lowest BCUT2D eigenvalue weighted by Crippen LogP contribution is -2.19. The fraction of sp³-hybridized carbons (Fsp3) is 0.316. The zero-order valence-electron chi connectivity index (χ0n) is 15.3. The van der Waals surface area contributed by atoms with Crippen LogP contribution in [0.3, 0.4) is 0 Å². The van der Waals surface area contributed by atoms with Crippen LogP contribution >= 0.6 is 0 Å². The number of carbonyl (C=O) groups is 1. The smallest absolute Gasteiger partial charge is 0.264 e. The predicted molar refractivity (Wildman–Crippen MR) is 98.2 cm³/mol. The minimum atomic E-state index is -2.64. The van der Waals surface area contributed by atoms with Gasteiger partial charge in [-0.1, -0.05) is 0 Å². The number of fused-ring (bicyclic) bond motifs is 1. The average molecular weight is 374 g/mol. The zero-order chi connectivity index (χ0) is 19.6. The Hall–Kier alpha value is -3.03. The van der Waals surface area contributed by atoms with Crippen molar-refractivity contribution < 1.29 is 18.3 Å². The summed E-state index contributed by atoms with van der Waals surface area (Å²) in [5.41, 5.74) is 1.64. The van der Waals surface area contributed by atoms with Gasteiger partial charge in [0.15, 0.2) is 5.65 Å². The second kappa shape index (κ2) is 7.69. The third-order valence-corrected chi connectivity index (χ3v) is 4.01. The second-order valence-corrected chi connectivity index (χ2v) is 6.10. The highest BCUT2D eigenvalue weighted by atomic mass is 19.3. The van der Waals surface area contributed by atoms with E-state index in [4.69, 9.17) is 4.74 Å². The molecule has 3 aromatic rings. The molecule has 2 heterocycles. The van der Waals surface area contributed by atoms with Gasteiger partial charge in [-0.2, -0.15) is 5.10 Å². The lowest BCUT2D eigenvalue weighted by Gasteiger charge is -2.08. The topological polar surface area (TPSA) is 69.0 Å². The monoisotopic (exact) mass is 374 g/mol. The first-order valence-electron chi connectivity index (χ1n) is 8.54. The van der Waals surface area contributed by atoms with Crippen LogP contribution in [0.1, 0.15) is 30.3 Å². The van der Waals surface area contributed by atoms with E-state index in [1.165, 1.54) is 10.7 Å². The van der Waals surface area contributed by atoms with Gasteiger partial charge >= 0.3 is 0 Å². The highest BCUT2D eigenvalue weighted by molar-refractivity contribution is 5.92. The standard InChI is InChI=1S/C19H20F2N4O2/c1-4-27-14-7-5-13(6-8-14)23-16(26)10-25-19-17(12(3)24-25)15(18(20)21)9-11(2)22-19/h5-9,18H,4,10H2,1-3H3,(H,23,26). The molecule has 2 aromatic heterocycles. The van der Waals surface area contributed by atoms with E-state index in [9.17, 15) is 13.6 Å². The maximum absolute atomic E-state index is 13.3. The number of pyridine rings is 1. The van der Waals surface area contributed by atoms with Crippen LogP contribution in [0.2, 0.25) is 0 Å². The SMILES string of the molecule is CCOc1ccc(NC(=O)Cn2nc(C)c3c(C(F)F)cc(C)nc32)cc1. The van der Waals surface area contributed by atoms with Crippen LogP contribution in [0.5, 0.6) is 5.75 Å². The summed E-state index contributed by atoms with van der Waals surface area (Å²) in [5.74, 6) is 0.383. The number of anilines is 1. The molecule has 0 fully saturated rings. The number of amides is 1. The van der Waals surface area contributed by atoms with Gasteiger partial charge in [-0.3, -0.25) is 4.79 Å². The molecule has 0 aliphatic carbocycles. The normalized spacial score (nSPS) is 11.2. The van der Waals surface area contributed by atoms with E-state index in [1.54, 1.807) is 38.1 Å². The number of aryl methyl sites for hydroxylation is 2. The zero-order valence-corrected chi connectivity index (χ0v) is 15.3. The summed E-state index contributed by atoms with van der Waals surface area (Å²) in [6.45, 7) is 5.59. The first-order valence-corrected chi connectivity index (χ1v) is 8.54. The molecule has 6 nitrogen and oxygen atoms in total. The van der Waals surface area contributed by atoms with Crippen molar-refractivity contribution in [3.8, 4) is 5.75 Å². The van der Waals surface area contributed by atoms with Crippen molar-refractivity contribution in [3.63, 3.8) is 0 Å². The molecule has 1 aromatic carbocycles. The summed E-state index contributed by atoms with van der Waals surface area (Å²) < 4.78 is 33.4. The van der Waals surface area contributed by atoms with Gasteiger partial charge in [0.05, 0.1) is 17.7 Å². The van der Waals surface area contributed by atoms with E-state index in [1.807, 2.05) is 6.92 Å². The van der Waals surface area contributed by atoms with Crippen molar-refractivity contribution in [1.82, 2.24) is 14.8 Å². The highest BCUT2D eigenvalue weighted by Gasteiger charge is 2.20. The Morgan fingerprint density at radius 2 is 1.96 bits per heavy atom. The molecule has 142 valence electrons. The van der Waals surface area contributed by atoms with E-state index < -0.39 is 6.43 Å². The third-order valence-electron chi connectivity index (χ3n) is 4.01. The molecule has 0 radical (unpaired) electrons. The van der Waals surface area contributed by atoms with E-state index in [0.29, 0.717) is 34.8 Å².